The minimum atomic E-state index is -0.351. The number of aliphatic hydroxyl groups is 1. The van der Waals surface area contributed by atoms with Gasteiger partial charge in [0.05, 0.1) is 6.10 Å². The molecule has 0 aliphatic heterocycles. The lowest BCUT2D eigenvalue weighted by molar-refractivity contribution is 0.195. The summed E-state index contributed by atoms with van der Waals surface area (Å²) in [7, 11) is 0. The van der Waals surface area contributed by atoms with Gasteiger partial charge in [-0.2, -0.15) is 0 Å². The van der Waals surface area contributed by atoms with E-state index in [1.54, 1.807) is 18.7 Å². The monoisotopic (exact) mass is 244 g/mol. The highest BCUT2D eigenvalue weighted by Crippen LogP contribution is 2.31. The fourth-order valence-electron chi connectivity index (χ4n) is 1.40. The van der Waals surface area contributed by atoms with Crippen LogP contribution in [0.5, 0.6) is 0 Å². The molecule has 1 aromatic carbocycles. The molecule has 0 spiro atoms. The largest absolute Gasteiger partial charge is 0.393 e. The van der Waals surface area contributed by atoms with E-state index in [2.05, 4.69) is 19.9 Å². The van der Waals surface area contributed by atoms with Gasteiger partial charge >= 0.3 is 0 Å². The van der Waals surface area contributed by atoms with Gasteiger partial charge in [-0.3, -0.25) is 0 Å². The summed E-state index contributed by atoms with van der Waals surface area (Å²) < 4.78 is 0. The average Bonchev–Trinajstić information content (AvgIpc) is 2.09. The standard InChI is InChI=1S/C12H17ClOS/c1-8(2)15-12-6-4-5-11(13)10(12)7-9(3)14/h4-6,8-9,14H,7H2,1-3H3. The molecule has 0 fully saturated rings. The second-order valence-corrected chi connectivity index (χ2v) is 5.96. The SMILES string of the molecule is CC(O)Cc1c(Cl)cccc1SC(C)C. The molecule has 0 aliphatic carbocycles. The summed E-state index contributed by atoms with van der Waals surface area (Å²) in [6, 6.07) is 5.90. The number of benzene rings is 1. The van der Waals surface area contributed by atoms with Crippen LogP contribution < -0.4 is 0 Å². The third kappa shape index (κ3) is 4.06. The van der Waals surface area contributed by atoms with Crippen molar-refractivity contribution in [2.45, 2.75) is 43.4 Å². The maximum Gasteiger partial charge on any atom is 0.0553 e. The van der Waals surface area contributed by atoms with Gasteiger partial charge in [-0.15, -0.1) is 11.8 Å². The van der Waals surface area contributed by atoms with Gasteiger partial charge in [-0.25, -0.2) is 0 Å². The minimum Gasteiger partial charge on any atom is -0.393 e. The first kappa shape index (κ1) is 12.9. The number of hydrogen-bond acceptors (Lipinski definition) is 2. The van der Waals surface area contributed by atoms with Crippen molar-refractivity contribution in [1.82, 2.24) is 0 Å². The van der Waals surface area contributed by atoms with Gasteiger partial charge in [0, 0.05) is 21.6 Å². The Balaban J connectivity index is 2.97. The Hall–Kier alpha value is -0.180. The van der Waals surface area contributed by atoms with Gasteiger partial charge in [0.2, 0.25) is 0 Å². The van der Waals surface area contributed by atoms with Crippen molar-refractivity contribution in [2.75, 3.05) is 0 Å². The molecule has 0 aliphatic rings. The smallest absolute Gasteiger partial charge is 0.0553 e. The van der Waals surface area contributed by atoms with Crippen LogP contribution in [0, 0.1) is 0 Å². The predicted octanol–water partition coefficient (Wildman–Crippen LogP) is 3.76. The lowest BCUT2D eigenvalue weighted by Gasteiger charge is -2.14. The molecular formula is C12H17ClOS. The molecule has 84 valence electrons. The van der Waals surface area contributed by atoms with Crippen molar-refractivity contribution >= 4 is 23.4 Å². The first-order valence-corrected chi connectivity index (χ1v) is 6.38. The number of aliphatic hydroxyl groups excluding tert-OH is 1. The van der Waals surface area contributed by atoms with E-state index < -0.39 is 0 Å². The maximum atomic E-state index is 9.42. The van der Waals surface area contributed by atoms with Crippen molar-refractivity contribution in [2.24, 2.45) is 0 Å². The maximum absolute atomic E-state index is 9.42. The number of hydrogen-bond donors (Lipinski definition) is 1. The summed E-state index contributed by atoms with van der Waals surface area (Å²) in [5, 5.41) is 10.7. The first-order valence-electron chi connectivity index (χ1n) is 5.12. The van der Waals surface area contributed by atoms with E-state index in [1.165, 1.54) is 4.90 Å². The highest BCUT2D eigenvalue weighted by molar-refractivity contribution is 8.00. The topological polar surface area (TPSA) is 20.2 Å². The van der Waals surface area contributed by atoms with Crippen LogP contribution in [0.4, 0.5) is 0 Å². The normalized spacial score (nSPS) is 13.2. The third-order valence-electron chi connectivity index (χ3n) is 1.94. The summed E-state index contributed by atoms with van der Waals surface area (Å²) >= 11 is 7.92. The van der Waals surface area contributed by atoms with Crippen LogP contribution in [-0.2, 0) is 6.42 Å². The van der Waals surface area contributed by atoms with Crippen LogP contribution in [0.25, 0.3) is 0 Å². The molecule has 1 N–H and O–H groups in total. The fraction of sp³-hybridized carbons (Fsp3) is 0.500. The Bertz CT molecular complexity index is 323. The molecule has 0 saturated carbocycles. The van der Waals surface area contributed by atoms with Crippen LogP contribution in [0.3, 0.4) is 0 Å². The molecule has 0 bridgehead atoms. The molecule has 1 nitrogen and oxygen atoms in total. The molecule has 1 rings (SSSR count). The van der Waals surface area contributed by atoms with E-state index in [-0.39, 0.29) is 6.10 Å². The molecule has 1 atom stereocenters. The Morgan fingerprint density at radius 2 is 2.00 bits per heavy atom. The second kappa shape index (κ2) is 5.78. The molecule has 0 saturated heterocycles. The molecule has 0 heterocycles. The van der Waals surface area contributed by atoms with Crippen molar-refractivity contribution in [1.29, 1.82) is 0 Å². The summed E-state index contributed by atoms with van der Waals surface area (Å²) in [6.07, 6.45) is 0.269. The van der Waals surface area contributed by atoms with Crippen LogP contribution in [0.15, 0.2) is 23.1 Å². The summed E-state index contributed by atoms with van der Waals surface area (Å²) in [4.78, 5) is 1.18. The highest BCUT2D eigenvalue weighted by Gasteiger charge is 2.11. The first-order chi connectivity index (χ1) is 7.00. The van der Waals surface area contributed by atoms with Gasteiger partial charge in [-0.1, -0.05) is 31.5 Å². The summed E-state index contributed by atoms with van der Waals surface area (Å²) in [6.45, 7) is 6.09. The van der Waals surface area contributed by atoms with Crippen LogP contribution in [-0.4, -0.2) is 16.5 Å². The molecule has 0 aromatic heterocycles. The van der Waals surface area contributed by atoms with Crippen molar-refractivity contribution in [3.63, 3.8) is 0 Å². The van der Waals surface area contributed by atoms with E-state index in [0.717, 1.165) is 10.6 Å². The molecule has 1 aromatic rings. The Morgan fingerprint density at radius 3 is 2.53 bits per heavy atom. The van der Waals surface area contributed by atoms with E-state index in [0.29, 0.717) is 11.7 Å². The van der Waals surface area contributed by atoms with Crippen LogP contribution in [0.2, 0.25) is 5.02 Å². The van der Waals surface area contributed by atoms with E-state index in [9.17, 15) is 5.11 Å². The lowest BCUT2D eigenvalue weighted by Crippen LogP contribution is -2.06. The zero-order valence-corrected chi connectivity index (χ0v) is 10.9. The van der Waals surface area contributed by atoms with E-state index >= 15 is 0 Å². The zero-order chi connectivity index (χ0) is 11.4. The molecular weight excluding hydrogens is 228 g/mol. The average molecular weight is 245 g/mol. The third-order valence-corrected chi connectivity index (χ3v) is 3.40. The molecule has 3 heteroatoms. The van der Waals surface area contributed by atoms with Gasteiger partial charge in [0.1, 0.15) is 0 Å². The van der Waals surface area contributed by atoms with Crippen LogP contribution >= 0.6 is 23.4 Å². The van der Waals surface area contributed by atoms with Gasteiger partial charge in [0.25, 0.3) is 0 Å². The Labute approximate surface area is 101 Å². The van der Waals surface area contributed by atoms with E-state index in [1.807, 2.05) is 12.1 Å². The molecule has 0 amide bonds. The van der Waals surface area contributed by atoms with Crippen molar-refractivity contribution in [3.8, 4) is 0 Å². The van der Waals surface area contributed by atoms with Crippen LogP contribution in [0.1, 0.15) is 26.3 Å². The minimum absolute atomic E-state index is 0.351. The molecule has 15 heavy (non-hydrogen) atoms. The number of halogens is 1. The lowest BCUT2D eigenvalue weighted by atomic mass is 10.1. The van der Waals surface area contributed by atoms with Crippen molar-refractivity contribution in [3.05, 3.63) is 28.8 Å². The molecule has 0 radical (unpaired) electrons. The summed E-state index contributed by atoms with van der Waals surface area (Å²) in [5.74, 6) is 0. The van der Waals surface area contributed by atoms with Crippen molar-refractivity contribution < 1.29 is 5.11 Å². The second-order valence-electron chi connectivity index (χ2n) is 3.94. The van der Waals surface area contributed by atoms with E-state index in [4.69, 9.17) is 11.6 Å². The van der Waals surface area contributed by atoms with Gasteiger partial charge < -0.3 is 5.11 Å². The number of rotatable bonds is 4. The zero-order valence-electron chi connectivity index (χ0n) is 9.33. The van der Waals surface area contributed by atoms with Gasteiger partial charge in [-0.05, 0) is 24.6 Å². The summed E-state index contributed by atoms with van der Waals surface area (Å²) in [5.41, 5.74) is 1.06. The van der Waals surface area contributed by atoms with Gasteiger partial charge in [0.15, 0.2) is 0 Å². The quantitative estimate of drug-likeness (QED) is 0.814. The Kier molecular flexibility index (Phi) is 4.97. The Morgan fingerprint density at radius 1 is 1.33 bits per heavy atom. The fourth-order valence-corrected chi connectivity index (χ4v) is 2.70. The predicted molar refractivity (Wildman–Crippen MR) is 67.8 cm³/mol. The number of thioether (sulfide) groups is 1. The molecule has 1 unspecified atom stereocenters. The highest BCUT2D eigenvalue weighted by atomic mass is 35.5.